The number of carbonyl (C=O) groups is 1. The number of rotatable bonds is 8. The quantitative estimate of drug-likeness (QED) is 0.731. The van der Waals surface area contributed by atoms with Crippen LogP contribution in [-0.4, -0.2) is 31.8 Å². The highest BCUT2D eigenvalue weighted by molar-refractivity contribution is 5.76. The van der Waals surface area contributed by atoms with Gasteiger partial charge < -0.3 is 14.8 Å². The van der Waals surface area contributed by atoms with Gasteiger partial charge in [-0.1, -0.05) is 19.1 Å². The number of amides is 1. The maximum atomic E-state index is 12.6. The van der Waals surface area contributed by atoms with E-state index < -0.39 is 0 Å². The highest BCUT2D eigenvalue weighted by Crippen LogP contribution is 2.55. The fraction of sp³-hybridized carbons (Fsp3) is 0.591. The third-order valence-electron chi connectivity index (χ3n) is 6.47. The van der Waals surface area contributed by atoms with Crippen LogP contribution >= 0.6 is 0 Å². The van der Waals surface area contributed by atoms with Crippen LogP contribution < -0.4 is 10.1 Å². The van der Waals surface area contributed by atoms with E-state index in [1.807, 2.05) is 19.1 Å². The molecular weight excluding hydrogens is 345 g/mol. The third-order valence-corrected chi connectivity index (χ3v) is 6.47. The molecule has 1 N–H and O–H groups in total. The summed E-state index contributed by atoms with van der Waals surface area (Å²) >= 11 is 0. The zero-order valence-electron chi connectivity index (χ0n) is 16.4. The SMILES string of the molecule is CC/C(=C\F)COc1ccc(C23CCC(OCC(=O)NC)(CC2)CC3)cc1. The lowest BCUT2D eigenvalue weighted by molar-refractivity contribution is -0.146. The lowest BCUT2D eigenvalue weighted by atomic mass is 9.56. The number of ether oxygens (including phenoxy) is 2. The number of fused-ring (bicyclic) bond motifs is 3. The summed E-state index contributed by atoms with van der Waals surface area (Å²) in [7, 11) is 1.64. The molecule has 3 fully saturated rings. The van der Waals surface area contributed by atoms with Crippen molar-refractivity contribution in [1.29, 1.82) is 0 Å². The van der Waals surface area contributed by atoms with Gasteiger partial charge in [0.1, 0.15) is 19.0 Å². The summed E-state index contributed by atoms with van der Waals surface area (Å²) < 4.78 is 24.3. The molecule has 3 aliphatic carbocycles. The van der Waals surface area contributed by atoms with E-state index in [0.717, 1.165) is 44.3 Å². The fourth-order valence-corrected chi connectivity index (χ4v) is 4.38. The number of benzene rings is 1. The van der Waals surface area contributed by atoms with Crippen LogP contribution in [0.2, 0.25) is 0 Å². The highest BCUT2D eigenvalue weighted by atomic mass is 19.1. The monoisotopic (exact) mass is 375 g/mol. The van der Waals surface area contributed by atoms with E-state index in [-0.39, 0.29) is 23.5 Å². The Balaban J connectivity index is 1.59. The summed E-state index contributed by atoms with van der Waals surface area (Å²) in [4.78, 5) is 11.5. The van der Waals surface area contributed by atoms with E-state index in [2.05, 4.69) is 17.4 Å². The van der Waals surface area contributed by atoms with Gasteiger partial charge in [0.2, 0.25) is 5.91 Å². The standard InChI is InChI=1S/C22H30FNO3/c1-3-17(14-23)15-26-19-6-4-18(5-7-19)21-8-11-22(12-9-21,13-10-21)27-16-20(25)24-2/h4-7,14H,3,8-13,15-16H2,1-2H3,(H,24,25)/b17-14+. The van der Waals surface area contributed by atoms with Crippen LogP contribution in [0.3, 0.4) is 0 Å². The van der Waals surface area contributed by atoms with Gasteiger partial charge in [-0.05, 0) is 73.6 Å². The van der Waals surface area contributed by atoms with E-state index in [1.165, 1.54) is 5.56 Å². The number of carbonyl (C=O) groups excluding carboxylic acids is 1. The second kappa shape index (κ2) is 8.42. The Morgan fingerprint density at radius 2 is 1.74 bits per heavy atom. The lowest BCUT2D eigenvalue weighted by Crippen LogP contribution is -2.50. The molecule has 27 heavy (non-hydrogen) atoms. The number of nitrogens with one attached hydrogen (secondary N) is 1. The van der Waals surface area contributed by atoms with Crippen molar-refractivity contribution in [2.24, 2.45) is 0 Å². The number of likely N-dealkylation sites (N-methyl/N-ethyl adjacent to an activating group) is 1. The minimum absolute atomic E-state index is 0.0591. The van der Waals surface area contributed by atoms with E-state index in [4.69, 9.17) is 9.47 Å². The molecule has 5 heteroatoms. The number of hydrogen-bond acceptors (Lipinski definition) is 3. The average Bonchev–Trinajstić information content (AvgIpc) is 2.74. The molecule has 3 aliphatic rings. The first-order valence-electron chi connectivity index (χ1n) is 9.91. The maximum Gasteiger partial charge on any atom is 0.245 e. The van der Waals surface area contributed by atoms with Gasteiger partial charge in [-0.15, -0.1) is 0 Å². The van der Waals surface area contributed by atoms with E-state index >= 15 is 0 Å². The molecule has 1 aromatic rings. The molecule has 0 saturated heterocycles. The largest absolute Gasteiger partial charge is 0.489 e. The predicted molar refractivity (Wildman–Crippen MR) is 104 cm³/mol. The topological polar surface area (TPSA) is 47.6 Å². The summed E-state index contributed by atoms with van der Waals surface area (Å²) in [5.41, 5.74) is 2.10. The summed E-state index contributed by atoms with van der Waals surface area (Å²) in [6.07, 6.45) is 7.57. The summed E-state index contributed by atoms with van der Waals surface area (Å²) in [5, 5.41) is 2.62. The summed E-state index contributed by atoms with van der Waals surface area (Å²) in [6.45, 7) is 2.37. The number of hydrogen-bond donors (Lipinski definition) is 1. The Labute approximate surface area is 161 Å². The van der Waals surface area contributed by atoms with E-state index in [1.54, 1.807) is 7.05 Å². The third kappa shape index (κ3) is 4.34. The van der Waals surface area contributed by atoms with Crippen molar-refractivity contribution < 1.29 is 18.7 Å². The van der Waals surface area contributed by atoms with Crippen molar-refractivity contribution >= 4 is 5.91 Å². The Morgan fingerprint density at radius 1 is 1.11 bits per heavy atom. The van der Waals surface area contributed by atoms with Crippen LogP contribution in [0.1, 0.15) is 57.4 Å². The van der Waals surface area contributed by atoms with Gasteiger partial charge >= 0.3 is 0 Å². The predicted octanol–water partition coefficient (Wildman–Crippen LogP) is 4.44. The summed E-state index contributed by atoms with van der Waals surface area (Å²) in [6, 6.07) is 8.30. The molecule has 0 radical (unpaired) electrons. The van der Waals surface area contributed by atoms with E-state index in [9.17, 15) is 9.18 Å². The molecule has 0 spiro atoms. The van der Waals surface area contributed by atoms with Crippen molar-refractivity contribution in [3.05, 3.63) is 41.7 Å². The first kappa shape index (κ1) is 19.9. The van der Waals surface area contributed by atoms with Crippen molar-refractivity contribution in [3.63, 3.8) is 0 Å². The van der Waals surface area contributed by atoms with Gasteiger partial charge in [-0.2, -0.15) is 0 Å². The Kier molecular flexibility index (Phi) is 6.20. The molecule has 148 valence electrons. The van der Waals surface area contributed by atoms with E-state index in [0.29, 0.717) is 24.9 Å². The van der Waals surface area contributed by atoms with Gasteiger partial charge in [0.05, 0.1) is 11.9 Å². The second-order valence-electron chi connectivity index (χ2n) is 7.86. The van der Waals surface area contributed by atoms with Crippen molar-refractivity contribution in [2.45, 2.75) is 62.9 Å². The normalized spacial score (nSPS) is 27.4. The molecule has 4 rings (SSSR count). The smallest absolute Gasteiger partial charge is 0.245 e. The molecular formula is C22H30FNO3. The number of halogens is 1. The lowest BCUT2D eigenvalue weighted by Gasteiger charge is -2.53. The molecule has 0 aromatic heterocycles. The van der Waals surface area contributed by atoms with Gasteiger partial charge in [0.15, 0.2) is 0 Å². The van der Waals surface area contributed by atoms with Crippen LogP contribution in [0.4, 0.5) is 4.39 Å². The first-order valence-corrected chi connectivity index (χ1v) is 9.91. The fourth-order valence-electron chi connectivity index (χ4n) is 4.38. The molecule has 0 unspecified atom stereocenters. The first-order chi connectivity index (χ1) is 13.0. The van der Waals surface area contributed by atoms with Gasteiger partial charge in [-0.25, -0.2) is 4.39 Å². The molecule has 1 aromatic carbocycles. The van der Waals surface area contributed by atoms with Gasteiger partial charge in [-0.3, -0.25) is 4.79 Å². The molecule has 0 aliphatic heterocycles. The molecule has 0 atom stereocenters. The highest BCUT2D eigenvalue weighted by Gasteiger charge is 2.50. The Bertz CT molecular complexity index is 659. The van der Waals surface area contributed by atoms with Crippen LogP contribution in [0, 0.1) is 0 Å². The van der Waals surface area contributed by atoms with Crippen molar-refractivity contribution in [1.82, 2.24) is 5.32 Å². The molecule has 1 amide bonds. The maximum absolute atomic E-state index is 12.6. The van der Waals surface area contributed by atoms with Crippen molar-refractivity contribution in [2.75, 3.05) is 20.3 Å². The minimum Gasteiger partial charge on any atom is -0.489 e. The van der Waals surface area contributed by atoms with Crippen LogP contribution in [0.5, 0.6) is 5.75 Å². The minimum atomic E-state index is -0.118. The Morgan fingerprint density at radius 3 is 2.26 bits per heavy atom. The average molecular weight is 375 g/mol. The van der Waals surface area contributed by atoms with Crippen LogP contribution in [-0.2, 0) is 14.9 Å². The molecule has 4 nitrogen and oxygen atoms in total. The van der Waals surface area contributed by atoms with Gasteiger partial charge in [0.25, 0.3) is 0 Å². The second-order valence-corrected chi connectivity index (χ2v) is 7.86. The van der Waals surface area contributed by atoms with Crippen molar-refractivity contribution in [3.8, 4) is 5.75 Å². The van der Waals surface area contributed by atoms with Crippen LogP contribution in [0.15, 0.2) is 36.2 Å². The van der Waals surface area contributed by atoms with Crippen LogP contribution in [0.25, 0.3) is 0 Å². The molecule has 0 heterocycles. The molecule has 2 bridgehead atoms. The summed E-state index contributed by atoms with van der Waals surface area (Å²) in [5.74, 6) is 0.717. The zero-order chi connectivity index (χ0) is 19.3. The Hall–Kier alpha value is -1.88. The molecule has 3 saturated carbocycles. The zero-order valence-corrected chi connectivity index (χ0v) is 16.4. The van der Waals surface area contributed by atoms with Gasteiger partial charge in [0, 0.05) is 7.05 Å².